The molecule has 5 nitrogen and oxygen atoms in total. The number of aromatic nitrogens is 1. The highest BCUT2D eigenvalue weighted by molar-refractivity contribution is 5.58. The van der Waals surface area contributed by atoms with E-state index in [1.165, 1.54) is 6.20 Å². The fourth-order valence-electron chi connectivity index (χ4n) is 2.55. The van der Waals surface area contributed by atoms with Crippen LogP contribution < -0.4 is 11.1 Å². The van der Waals surface area contributed by atoms with Crippen molar-refractivity contribution in [3.8, 4) is 6.07 Å². The maximum atomic E-state index is 9.71. The van der Waals surface area contributed by atoms with Gasteiger partial charge in [-0.2, -0.15) is 5.26 Å². The molecule has 1 aromatic heterocycles. The molecule has 19 heavy (non-hydrogen) atoms. The van der Waals surface area contributed by atoms with Crippen molar-refractivity contribution >= 4 is 11.5 Å². The molecule has 0 atom stereocenters. The summed E-state index contributed by atoms with van der Waals surface area (Å²) in [4.78, 5) is 4.19. The summed E-state index contributed by atoms with van der Waals surface area (Å²) in [5.74, 6) is 1.21. The number of nitriles is 1. The number of hydrogen-bond acceptors (Lipinski definition) is 5. The molecule has 0 aromatic carbocycles. The quantitative estimate of drug-likeness (QED) is 0.771. The van der Waals surface area contributed by atoms with Crippen molar-refractivity contribution in [3.63, 3.8) is 0 Å². The first-order chi connectivity index (χ1) is 9.08. The van der Waals surface area contributed by atoms with Crippen LogP contribution >= 0.6 is 0 Å². The Hall–Kier alpha value is -1.80. The van der Waals surface area contributed by atoms with Crippen molar-refractivity contribution in [2.45, 2.75) is 38.1 Å². The van der Waals surface area contributed by atoms with Crippen LogP contribution in [0.4, 0.5) is 11.5 Å². The fourth-order valence-corrected chi connectivity index (χ4v) is 2.55. The Morgan fingerprint density at radius 3 is 2.84 bits per heavy atom. The Labute approximate surface area is 113 Å². The summed E-state index contributed by atoms with van der Waals surface area (Å²) in [6, 6.07) is 3.69. The molecule has 5 heteroatoms. The summed E-state index contributed by atoms with van der Waals surface area (Å²) < 4.78 is 0. The van der Waals surface area contributed by atoms with Gasteiger partial charge in [-0.25, -0.2) is 4.98 Å². The monoisotopic (exact) mass is 260 g/mol. The fraction of sp³-hybridized carbons (Fsp3) is 0.571. The predicted octanol–water partition coefficient (Wildman–Crippen LogP) is 1.89. The molecule has 1 aliphatic rings. The van der Waals surface area contributed by atoms with Gasteiger partial charge < -0.3 is 16.2 Å². The molecule has 0 aliphatic heterocycles. The lowest BCUT2D eigenvalue weighted by molar-refractivity contribution is 0.155. The molecule has 0 unspecified atom stereocenters. The average molecular weight is 260 g/mol. The zero-order chi connectivity index (χ0) is 13.9. The second-order valence-electron chi connectivity index (χ2n) is 5.52. The van der Waals surface area contributed by atoms with E-state index in [1.807, 2.05) is 0 Å². The molecule has 1 heterocycles. The first kappa shape index (κ1) is 13.6. The Morgan fingerprint density at radius 1 is 1.58 bits per heavy atom. The first-order valence-corrected chi connectivity index (χ1v) is 6.63. The normalized spacial score (nSPS) is 26.7. The van der Waals surface area contributed by atoms with Crippen LogP contribution in [0.15, 0.2) is 12.3 Å². The van der Waals surface area contributed by atoms with Crippen molar-refractivity contribution in [3.05, 3.63) is 17.8 Å². The van der Waals surface area contributed by atoms with E-state index in [1.54, 1.807) is 6.07 Å². The molecule has 0 amide bonds. The SMILES string of the molecule is CC1CCC(CO)(Nc2ncc(N)cc2C#N)CC1. The number of nitrogen functional groups attached to an aromatic ring is 1. The lowest BCUT2D eigenvalue weighted by Crippen LogP contribution is -2.45. The molecule has 0 spiro atoms. The molecule has 0 radical (unpaired) electrons. The minimum absolute atomic E-state index is 0.0522. The van der Waals surface area contributed by atoms with E-state index in [-0.39, 0.29) is 12.1 Å². The third-order valence-corrected chi connectivity index (χ3v) is 3.95. The first-order valence-electron chi connectivity index (χ1n) is 6.63. The summed E-state index contributed by atoms with van der Waals surface area (Å²) in [5.41, 5.74) is 6.16. The smallest absolute Gasteiger partial charge is 0.144 e. The van der Waals surface area contributed by atoms with Gasteiger partial charge in [-0.1, -0.05) is 6.92 Å². The Morgan fingerprint density at radius 2 is 2.26 bits per heavy atom. The number of anilines is 2. The van der Waals surface area contributed by atoms with Gasteiger partial charge in [-0.15, -0.1) is 0 Å². The lowest BCUT2D eigenvalue weighted by atomic mass is 9.77. The number of aliphatic hydroxyl groups excluding tert-OH is 1. The molecule has 4 N–H and O–H groups in total. The predicted molar refractivity (Wildman–Crippen MR) is 74.4 cm³/mol. The third kappa shape index (κ3) is 2.96. The van der Waals surface area contributed by atoms with Crippen LogP contribution in [0, 0.1) is 17.2 Å². The van der Waals surface area contributed by atoms with E-state index in [4.69, 9.17) is 11.0 Å². The zero-order valence-electron chi connectivity index (χ0n) is 11.2. The van der Waals surface area contributed by atoms with Crippen molar-refractivity contribution < 1.29 is 5.11 Å². The molecule has 2 rings (SSSR count). The van der Waals surface area contributed by atoms with Gasteiger partial charge in [-0.05, 0) is 37.7 Å². The largest absolute Gasteiger partial charge is 0.397 e. The van der Waals surface area contributed by atoms with E-state index >= 15 is 0 Å². The number of hydrogen-bond donors (Lipinski definition) is 3. The number of pyridine rings is 1. The molecule has 0 saturated heterocycles. The van der Waals surface area contributed by atoms with Crippen LogP contribution in [-0.4, -0.2) is 22.2 Å². The second-order valence-corrected chi connectivity index (χ2v) is 5.52. The molecular weight excluding hydrogens is 240 g/mol. The Bertz CT molecular complexity index is 487. The summed E-state index contributed by atoms with van der Waals surface area (Å²) in [7, 11) is 0. The van der Waals surface area contributed by atoms with Crippen LogP contribution in [-0.2, 0) is 0 Å². The lowest BCUT2D eigenvalue weighted by Gasteiger charge is -2.39. The van der Waals surface area contributed by atoms with Crippen molar-refractivity contribution in [1.29, 1.82) is 5.26 Å². The van der Waals surface area contributed by atoms with Crippen molar-refractivity contribution in [2.24, 2.45) is 5.92 Å². The maximum absolute atomic E-state index is 9.71. The molecule has 1 aliphatic carbocycles. The van der Waals surface area contributed by atoms with Gasteiger partial charge in [0.15, 0.2) is 0 Å². The minimum atomic E-state index is -0.360. The van der Waals surface area contributed by atoms with Crippen molar-refractivity contribution in [1.82, 2.24) is 4.98 Å². The highest BCUT2D eigenvalue weighted by Gasteiger charge is 2.34. The van der Waals surface area contributed by atoms with E-state index < -0.39 is 0 Å². The molecular formula is C14H20N4O. The molecule has 102 valence electrons. The topological polar surface area (TPSA) is 95.0 Å². The number of rotatable bonds is 3. The highest BCUT2D eigenvalue weighted by atomic mass is 16.3. The van der Waals surface area contributed by atoms with Gasteiger partial charge in [0, 0.05) is 0 Å². The summed E-state index contributed by atoms with van der Waals surface area (Å²) in [6.45, 7) is 2.28. The molecule has 0 bridgehead atoms. The number of aliphatic hydroxyl groups is 1. The molecule has 1 fully saturated rings. The zero-order valence-corrected chi connectivity index (χ0v) is 11.2. The van der Waals surface area contributed by atoms with Crippen molar-refractivity contribution in [2.75, 3.05) is 17.7 Å². The Kier molecular flexibility index (Phi) is 3.91. The summed E-state index contributed by atoms with van der Waals surface area (Å²) >= 11 is 0. The van der Waals surface area contributed by atoms with Gasteiger partial charge in [0.05, 0.1) is 29.6 Å². The summed E-state index contributed by atoms with van der Waals surface area (Å²) in [5, 5.41) is 22.1. The molecule has 1 saturated carbocycles. The van der Waals surface area contributed by atoms with Gasteiger partial charge in [0.25, 0.3) is 0 Å². The number of nitrogens with zero attached hydrogens (tertiary/aromatic N) is 2. The van der Waals surface area contributed by atoms with Gasteiger partial charge >= 0.3 is 0 Å². The number of nitrogens with one attached hydrogen (secondary N) is 1. The molecule has 1 aromatic rings. The van der Waals surface area contributed by atoms with Crippen LogP contribution in [0.5, 0.6) is 0 Å². The average Bonchev–Trinajstić information content (AvgIpc) is 2.43. The third-order valence-electron chi connectivity index (χ3n) is 3.95. The Balaban J connectivity index is 2.21. The minimum Gasteiger partial charge on any atom is -0.397 e. The van der Waals surface area contributed by atoms with E-state index in [0.29, 0.717) is 23.0 Å². The van der Waals surface area contributed by atoms with Crippen LogP contribution in [0.1, 0.15) is 38.2 Å². The van der Waals surface area contributed by atoms with Crippen LogP contribution in [0.2, 0.25) is 0 Å². The maximum Gasteiger partial charge on any atom is 0.144 e. The van der Waals surface area contributed by atoms with Crippen LogP contribution in [0.25, 0.3) is 0 Å². The van der Waals surface area contributed by atoms with E-state index in [2.05, 4.69) is 23.3 Å². The van der Waals surface area contributed by atoms with E-state index in [0.717, 1.165) is 25.7 Å². The van der Waals surface area contributed by atoms with Gasteiger partial charge in [-0.3, -0.25) is 0 Å². The van der Waals surface area contributed by atoms with Gasteiger partial charge in [0.1, 0.15) is 11.9 Å². The van der Waals surface area contributed by atoms with Gasteiger partial charge in [0.2, 0.25) is 0 Å². The van der Waals surface area contributed by atoms with Crippen LogP contribution in [0.3, 0.4) is 0 Å². The standard InChI is InChI=1S/C14H20N4O/c1-10-2-4-14(9-19,5-3-10)18-13-11(7-15)6-12(16)8-17-13/h6,8,10,19H,2-5,9,16H2,1H3,(H,17,18). The second kappa shape index (κ2) is 5.45. The summed E-state index contributed by atoms with van der Waals surface area (Å²) in [6.07, 6.45) is 5.46. The van der Waals surface area contributed by atoms with E-state index in [9.17, 15) is 5.11 Å². The number of nitrogens with two attached hydrogens (primary N) is 1. The highest BCUT2D eigenvalue weighted by Crippen LogP contribution is 2.34.